The summed E-state index contributed by atoms with van der Waals surface area (Å²) in [6.45, 7) is 1.41. The summed E-state index contributed by atoms with van der Waals surface area (Å²) in [6, 6.07) is 8.93. The number of nitro benzene ring substituents is 2. The lowest BCUT2D eigenvalue weighted by atomic mass is 10.1. The molecule has 2 N–H and O–H groups in total. The molecule has 10 nitrogen and oxygen atoms in total. The minimum atomic E-state index is -0.764. The maximum atomic E-state index is 12.1. The Morgan fingerprint density at radius 2 is 1.56 bits per heavy atom. The summed E-state index contributed by atoms with van der Waals surface area (Å²) in [5.74, 6) is -1.51. The first-order valence-corrected chi connectivity index (χ1v) is 6.90. The zero-order chi connectivity index (χ0) is 18.6. The fraction of sp³-hybridized carbons (Fsp3) is 0.0667. The van der Waals surface area contributed by atoms with Gasteiger partial charge in [0.2, 0.25) is 0 Å². The number of hydrogen-bond acceptors (Lipinski definition) is 6. The lowest BCUT2D eigenvalue weighted by Gasteiger charge is -2.09. The van der Waals surface area contributed by atoms with Crippen LogP contribution in [0.1, 0.15) is 26.3 Å². The maximum Gasteiger partial charge on any atom is 0.273 e. The van der Waals surface area contributed by atoms with Crippen molar-refractivity contribution in [3.05, 3.63) is 79.4 Å². The zero-order valence-electron chi connectivity index (χ0n) is 12.9. The molecular weight excluding hydrogens is 332 g/mol. The predicted molar refractivity (Wildman–Crippen MR) is 85.9 cm³/mol. The van der Waals surface area contributed by atoms with Crippen LogP contribution in [0, 0.1) is 27.2 Å². The Balaban J connectivity index is 2.11. The predicted octanol–water partition coefficient (Wildman–Crippen LogP) is 1.89. The average Bonchev–Trinajstić information content (AvgIpc) is 2.59. The van der Waals surface area contributed by atoms with Crippen LogP contribution in [0.5, 0.6) is 0 Å². The zero-order valence-corrected chi connectivity index (χ0v) is 12.9. The highest BCUT2D eigenvalue weighted by atomic mass is 16.6. The van der Waals surface area contributed by atoms with Gasteiger partial charge in [-0.05, 0) is 19.1 Å². The van der Waals surface area contributed by atoms with E-state index in [9.17, 15) is 29.8 Å². The second-order valence-corrected chi connectivity index (χ2v) is 4.92. The number of nitrogens with zero attached hydrogens (tertiary/aromatic N) is 2. The van der Waals surface area contributed by atoms with Crippen LogP contribution in [0.4, 0.5) is 11.4 Å². The van der Waals surface area contributed by atoms with E-state index in [4.69, 9.17) is 0 Å². The van der Waals surface area contributed by atoms with Crippen LogP contribution in [-0.2, 0) is 0 Å². The molecule has 0 aromatic heterocycles. The lowest BCUT2D eigenvalue weighted by molar-refractivity contribution is -0.385. The lowest BCUT2D eigenvalue weighted by Crippen LogP contribution is -2.41. The first-order chi connectivity index (χ1) is 11.8. The van der Waals surface area contributed by atoms with Gasteiger partial charge in [-0.2, -0.15) is 0 Å². The third-order valence-corrected chi connectivity index (χ3v) is 3.36. The Labute approximate surface area is 140 Å². The molecule has 10 heteroatoms. The summed E-state index contributed by atoms with van der Waals surface area (Å²) in [5, 5.41) is 21.6. The van der Waals surface area contributed by atoms with Gasteiger partial charge in [-0.25, -0.2) is 0 Å². The Kier molecular flexibility index (Phi) is 5.03. The molecule has 0 radical (unpaired) electrons. The van der Waals surface area contributed by atoms with Crippen LogP contribution < -0.4 is 10.9 Å². The smallest absolute Gasteiger partial charge is 0.267 e. The van der Waals surface area contributed by atoms with Gasteiger partial charge < -0.3 is 0 Å². The van der Waals surface area contributed by atoms with Crippen molar-refractivity contribution in [3.63, 3.8) is 0 Å². The molecule has 2 rings (SSSR count). The van der Waals surface area contributed by atoms with Crippen molar-refractivity contribution in [1.29, 1.82) is 0 Å². The number of hydrazine groups is 1. The topological polar surface area (TPSA) is 144 Å². The monoisotopic (exact) mass is 344 g/mol. The van der Waals surface area contributed by atoms with E-state index in [0.29, 0.717) is 0 Å². The van der Waals surface area contributed by atoms with E-state index in [0.717, 1.165) is 6.07 Å². The Morgan fingerprint density at radius 1 is 0.920 bits per heavy atom. The highest BCUT2D eigenvalue weighted by Gasteiger charge is 2.18. The summed E-state index contributed by atoms with van der Waals surface area (Å²) >= 11 is 0. The molecule has 0 aliphatic rings. The quantitative estimate of drug-likeness (QED) is 0.640. The molecule has 2 aromatic carbocycles. The van der Waals surface area contributed by atoms with Crippen molar-refractivity contribution >= 4 is 23.2 Å². The molecule has 0 bridgehead atoms. The fourth-order valence-corrected chi connectivity index (χ4v) is 2.08. The highest BCUT2D eigenvalue weighted by molar-refractivity contribution is 6.00. The molecule has 0 atom stereocenters. The van der Waals surface area contributed by atoms with Gasteiger partial charge in [-0.3, -0.25) is 40.7 Å². The number of benzene rings is 2. The number of nitro groups is 2. The summed E-state index contributed by atoms with van der Waals surface area (Å²) < 4.78 is 0. The minimum Gasteiger partial charge on any atom is -0.267 e. The molecule has 0 saturated heterocycles. The number of rotatable bonds is 4. The van der Waals surface area contributed by atoms with E-state index in [1.807, 2.05) is 0 Å². The number of carbonyl (C=O) groups excluding carboxylic acids is 2. The van der Waals surface area contributed by atoms with Crippen LogP contribution in [0.2, 0.25) is 0 Å². The Morgan fingerprint density at radius 3 is 2.20 bits per heavy atom. The molecule has 25 heavy (non-hydrogen) atoms. The molecule has 0 unspecified atom stereocenters. The van der Waals surface area contributed by atoms with E-state index in [2.05, 4.69) is 10.9 Å². The van der Waals surface area contributed by atoms with Gasteiger partial charge in [0, 0.05) is 29.3 Å². The van der Waals surface area contributed by atoms with Gasteiger partial charge in [0.1, 0.15) is 0 Å². The number of nitrogens with one attached hydrogen (secondary N) is 2. The summed E-state index contributed by atoms with van der Waals surface area (Å²) in [4.78, 5) is 44.4. The van der Waals surface area contributed by atoms with Crippen LogP contribution in [0.15, 0.2) is 42.5 Å². The molecule has 128 valence electrons. The van der Waals surface area contributed by atoms with E-state index in [1.165, 1.54) is 43.3 Å². The van der Waals surface area contributed by atoms with Gasteiger partial charge in [-0.1, -0.05) is 12.1 Å². The van der Waals surface area contributed by atoms with Gasteiger partial charge in [0.15, 0.2) is 0 Å². The summed E-state index contributed by atoms with van der Waals surface area (Å²) in [6.07, 6.45) is 0. The number of hydrogen-bond donors (Lipinski definition) is 2. The maximum absolute atomic E-state index is 12.1. The molecule has 0 saturated carbocycles. The van der Waals surface area contributed by atoms with Crippen LogP contribution >= 0.6 is 0 Å². The van der Waals surface area contributed by atoms with Gasteiger partial charge >= 0.3 is 0 Å². The fourth-order valence-electron chi connectivity index (χ4n) is 2.08. The second-order valence-electron chi connectivity index (χ2n) is 4.92. The van der Waals surface area contributed by atoms with Crippen molar-refractivity contribution < 1.29 is 19.4 Å². The van der Waals surface area contributed by atoms with Crippen LogP contribution in [0.25, 0.3) is 0 Å². The molecule has 0 spiro atoms. The van der Waals surface area contributed by atoms with Crippen molar-refractivity contribution in [2.75, 3.05) is 0 Å². The molecule has 2 amide bonds. The highest BCUT2D eigenvalue weighted by Crippen LogP contribution is 2.20. The molecular formula is C15H12N4O6. The van der Waals surface area contributed by atoms with Crippen molar-refractivity contribution in [2.45, 2.75) is 6.92 Å². The van der Waals surface area contributed by atoms with E-state index < -0.39 is 21.7 Å². The molecule has 0 aliphatic carbocycles. The van der Waals surface area contributed by atoms with E-state index >= 15 is 0 Å². The summed E-state index contributed by atoms with van der Waals surface area (Å²) in [5.41, 5.74) is 3.88. The van der Waals surface area contributed by atoms with Gasteiger partial charge in [0.05, 0.1) is 15.4 Å². The summed E-state index contributed by atoms with van der Waals surface area (Å²) in [7, 11) is 0. The molecule has 2 aromatic rings. The Hall–Kier alpha value is -3.82. The third kappa shape index (κ3) is 3.93. The van der Waals surface area contributed by atoms with Crippen molar-refractivity contribution in [2.24, 2.45) is 0 Å². The van der Waals surface area contributed by atoms with Crippen LogP contribution in [-0.4, -0.2) is 21.7 Å². The third-order valence-electron chi connectivity index (χ3n) is 3.36. The molecule has 0 fully saturated rings. The average molecular weight is 344 g/mol. The standard InChI is InChI=1S/C15H12N4O6/c1-9-12(6-3-7-13(9)19(24)25)15(21)17-16-14(20)10-4-2-5-11(8-10)18(22)23/h2-8H,1H3,(H,16,20)(H,17,21). The number of carbonyl (C=O) groups is 2. The van der Waals surface area contributed by atoms with Gasteiger partial charge in [-0.15, -0.1) is 0 Å². The number of non-ortho nitro benzene ring substituents is 1. The molecule has 0 heterocycles. The van der Waals surface area contributed by atoms with Gasteiger partial charge in [0.25, 0.3) is 23.2 Å². The van der Waals surface area contributed by atoms with Crippen molar-refractivity contribution in [1.82, 2.24) is 10.9 Å². The Bertz CT molecular complexity index is 880. The van der Waals surface area contributed by atoms with E-state index in [-0.39, 0.29) is 28.1 Å². The molecule has 0 aliphatic heterocycles. The number of amides is 2. The first-order valence-electron chi connectivity index (χ1n) is 6.90. The van der Waals surface area contributed by atoms with E-state index in [1.54, 1.807) is 0 Å². The van der Waals surface area contributed by atoms with Crippen molar-refractivity contribution in [3.8, 4) is 0 Å². The van der Waals surface area contributed by atoms with Crippen LogP contribution in [0.3, 0.4) is 0 Å². The first kappa shape index (κ1) is 17.5. The normalized spacial score (nSPS) is 9.96. The second kappa shape index (κ2) is 7.17. The largest absolute Gasteiger partial charge is 0.273 e. The SMILES string of the molecule is Cc1c(C(=O)NNC(=O)c2cccc([N+](=O)[O-])c2)cccc1[N+](=O)[O-]. The minimum absolute atomic E-state index is 0.0218.